The van der Waals surface area contributed by atoms with E-state index in [1.54, 1.807) is 12.4 Å². The van der Waals surface area contributed by atoms with Crippen LogP contribution in [-0.2, 0) is 0 Å². The quantitative estimate of drug-likeness (QED) is 0.813. The number of hydrogen-bond donors (Lipinski definition) is 1. The van der Waals surface area contributed by atoms with Crippen molar-refractivity contribution in [1.82, 2.24) is 10.3 Å². The second-order valence-corrected chi connectivity index (χ2v) is 5.55. The van der Waals surface area contributed by atoms with E-state index in [1.807, 2.05) is 12.1 Å². The molecule has 2 fully saturated rings. The first-order chi connectivity index (χ1) is 8.84. The first-order valence-corrected chi connectivity index (χ1v) is 7.05. The van der Waals surface area contributed by atoms with Crippen molar-refractivity contribution in [2.45, 2.75) is 50.6 Å². The van der Waals surface area contributed by atoms with Crippen LogP contribution in [0.1, 0.15) is 48.9 Å². The van der Waals surface area contributed by atoms with Crippen LogP contribution in [0.5, 0.6) is 0 Å². The van der Waals surface area contributed by atoms with E-state index in [2.05, 4.69) is 10.3 Å². The highest BCUT2D eigenvalue weighted by atomic mass is 16.1. The predicted octanol–water partition coefficient (Wildman–Crippen LogP) is 2.58. The molecular formula is C15H20N2O. The van der Waals surface area contributed by atoms with Crippen molar-refractivity contribution in [1.29, 1.82) is 0 Å². The van der Waals surface area contributed by atoms with Gasteiger partial charge in [-0.05, 0) is 43.7 Å². The van der Waals surface area contributed by atoms with Gasteiger partial charge in [0.05, 0.1) is 6.04 Å². The van der Waals surface area contributed by atoms with Crippen LogP contribution in [0.15, 0.2) is 24.5 Å². The summed E-state index contributed by atoms with van der Waals surface area (Å²) in [6, 6.07) is 4.27. The molecule has 1 aliphatic carbocycles. The van der Waals surface area contributed by atoms with Crippen LogP contribution in [0.4, 0.5) is 0 Å². The van der Waals surface area contributed by atoms with Crippen LogP contribution < -0.4 is 5.32 Å². The number of rotatable bonds is 2. The SMILES string of the molecule is O=C(c1cccnc1)C1CCC2CCCCC2N1. The number of aromatic nitrogens is 1. The van der Waals surface area contributed by atoms with Gasteiger partial charge in [0.2, 0.25) is 0 Å². The molecule has 2 heterocycles. The lowest BCUT2D eigenvalue weighted by molar-refractivity contribution is 0.0861. The first kappa shape index (κ1) is 11.8. The Bertz CT molecular complexity index is 418. The number of fused-ring (bicyclic) bond motifs is 1. The lowest BCUT2D eigenvalue weighted by Crippen LogP contribution is -2.52. The maximum atomic E-state index is 12.4. The van der Waals surface area contributed by atoms with E-state index in [0.29, 0.717) is 6.04 Å². The molecule has 3 heteroatoms. The number of ketones is 1. The zero-order valence-corrected chi connectivity index (χ0v) is 10.6. The lowest BCUT2D eigenvalue weighted by Gasteiger charge is -2.39. The molecule has 0 amide bonds. The third kappa shape index (κ3) is 2.32. The molecule has 18 heavy (non-hydrogen) atoms. The fourth-order valence-corrected chi connectivity index (χ4v) is 3.41. The first-order valence-electron chi connectivity index (χ1n) is 7.05. The van der Waals surface area contributed by atoms with E-state index < -0.39 is 0 Å². The molecule has 3 rings (SSSR count). The van der Waals surface area contributed by atoms with Crippen molar-refractivity contribution in [3.05, 3.63) is 30.1 Å². The highest BCUT2D eigenvalue weighted by Crippen LogP contribution is 2.32. The number of Topliss-reactive ketones (excluding diaryl/α,β-unsaturated/α-hetero) is 1. The Morgan fingerprint density at radius 1 is 1.22 bits per heavy atom. The summed E-state index contributed by atoms with van der Waals surface area (Å²) in [5.41, 5.74) is 0.740. The summed E-state index contributed by atoms with van der Waals surface area (Å²) in [5, 5.41) is 3.58. The van der Waals surface area contributed by atoms with Crippen molar-refractivity contribution in [2.75, 3.05) is 0 Å². The number of nitrogens with one attached hydrogen (secondary N) is 1. The Kier molecular flexibility index (Phi) is 3.41. The second kappa shape index (κ2) is 5.19. The molecule has 1 saturated carbocycles. The minimum absolute atomic E-state index is 0.00792. The van der Waals surface area contributed by atoms with Crippen LogP contribution in [0, 0.1) is 5.92 Å². The molecule has 1 aromatic rings. The average molecular weight is 244 g/mol. The van der Waals surface area contributed by atoms with E-state index in [0.717, 1.165) is 17.9 Å². The van der Waals surface area contributed by atoms with E-state index in [4.69, 9.17) is 0 Å². The van der Waals surface area contributed by atoms with Crippen molar-refractivity contribution in [2.24, 2.45) is 5.92 Å². The molecule has 96 valence electrons. The summed E-state index contributed by atoms with van der Waals surface area (Å²) in [6.07, 6.45) is 10.8. The Balaban J connectivity index is 1.69. The third-order valence-corrected chi connectivity index (χ3v) is 4.41. The Morgan fingerprint density at radius 3 is 2.94 bits per heavy atom. The summed E-state index contributed by atoms with van der Waals surface area (Å²) in [4.78, 5) is 16.4. The van der Waals surface area contributed by atoms with E-state index in [1.165, 1.54) is 32.1 Å². The number of nitrogens with zero attached hydrogens (tertiary/aromatic N) is 1. The molecule has 3 atom stereocenters. The fourth-order valence-electron chi connectivity index (χ4n) is 3.41. The topological polar surface area (TPSA) is 42.0 Å². The van der Waals surface area contributed by atoms with Crippen LogP contribution in [0.3, 0.4) is 0 Å². The zero-order valence-electron chi connectivity index (χ0n) is 10.6. The Hall–Kier alpha value is -1.22. The van der Waals surface area contributed by atoms with Gasteiger partial charge in [-0.3, -0.25) is 9.78 Å². The van der Waals surface area contributed by atoms with Crippen molar-refractivity contribution < 1.29 is 4.79 Å². The number of carbonyl (C=O) groups is 1. The number of pyridine rings is 1. The number of hydrogen-bond acceptors (Lipinski definition) is 3. The largest absolute Gasteiger partial charge is 0.304 e. The molecule has 0 aromatic carbocycles. The van der Waals surface area contributed by atoms with Gasteiger partial charge >= 0.3 is 0 Å². The molecule has 0 radical (unpaired) electrons. The Labute approximate surface area is 108 Å². The van der Waals surface area contributed by atoms with Gasteiger partial charge in [-0.1, -0.05) is 12.8 Å². The van der Waals surface area contributed by atoms with Gasteiger partial charge in [0, 0.05) is 24.0 Å². The molecule has 1 N–H and O–H groups in total. The number of piperidine rings is 1. The molecular weight excluding hydrogens is 224 g/mol. The summed E-state index contributed by atoms with van der Waals surface area (Å²) in [6.45, 7) is 0. The molecule has 3 unspecified atom stereocenters. The smallest absolute Gasteiger partial charge is 0.181 e. The molecule has 2 aliphatic rings. The van der Waals surface area contributed by atoms with Gasteiger partial charge < -0.3 is 5.32 Å². The lowest BCUT2D eigenvalue weighted by atomic mass is 9.77. The van der Waals surface area contributed by atoms with Gasteiger partial charge in [0.25, 0.3) is 0 Å². The highest BCUT2D eigenvalue weighted by Gasteiger charge is 2.34. The summed E-state index contributed by atoms with van der Waals surface area (Å²) in [5.74, 6) is 1.02. The van der Waals surface area contributed by atoms with Crippen LogP contribution in [0.25, 0.3) is 0 Å². The standard InChI is InChI=1S/C15H20N2O/c18-15(12-5-3-9-16-10-12)14-8-7-11-4-1-2-6-13(11)17-14/h3,5,9-11,13-14,17H,1-2,4,6-8H2. The molecule has 1 saturated heterocycles. The van der Waals surface area contributed by atoms with Gasteiger partial charge in [-0.2, -0.15) is 0 Å². The summed E-state index contributed by atoms with van der Waals surface area (Å²) < 4.78 is 0. The van der Waals surface area contributed by atoms with Crippen molar-refractivity contribution in [3.63, 3.8) is 0 Å². The fraction of sp³-hybridized carbons (Fsp3) is 0.600. The van der Waals surface area contributed by atoms with Gasteiger partial charge in [-0.15, -0.1) is 0 Å². The predicted molar refractivity (Wildman–Crippen MR) is 70.5 cm³/mol. The number of carbonyl (C=O) groups excluding carboxylic acids is 1. The average Bonchev–Trinajstić information content (AvgIpc) is 2.47. The molecule has 3 nitrogen and oxygen atoms in total. The maximum absolute atomic E-state index is 12.4. The molecule has 1 aromatic heterocycles. The van der Waals surface area contributed by atoms with Crippen LogP contribution in [0.2, 0.25) is 0 Å². The van der Waals surface area contributed by atoms with Gasteiger partial charge in [0.1, 0.15) is 0 Å². The van der Waals surface area contributed by atoms with Gasteiger partial charge in [-0.25, -0.2) is 0 Å². The van der Waals surface area contributed by atoms with E-state index in [9.17, 15) is 4.79 Å². The van der Waals surface area contributed by atoms with E-state index in [-0.39, 0.29) is 11.8 Å². The van der Waals surface area contributed by atoms with Crippen LogP contribution >= 0.6 is 0 Å². The second-order valence-electron chi connectivity index (χ2n) is 5.55. The Morgan fingerprint density at radius 2 is 2.11 bits per heavy atom. The zero-order chi connectivity index (χ0) is 12.4. The van der Waals surface area contributed by atoms with Crippen molar-refractivity contribution in [3.8, 4) is 0 Å². The molecule has 0 bridgehead atoms. The normalized spacial score (nSPS) is 31.7. The third-order valence-electron chi connectivity index (χ3n) is 4.41. The summed E-state index contributed by atoms with van der Waals surface area (Å²) >= 11 is 0. The van der Waals surface area contributed by atoms with Crippen LogP contribution in [-0.4, -0.2) is 22.9 Å². The van der Waals surface area contributed by atoms with Gasteiger partial charge in [0.15, 0.2) is 5.78 Å². The minimum Gasteiger partial charge on any atom is -0.304 e. The summed E-state index contributed by atoms with van der Waals surface area (Å²) in [7, 11) is 0. The highest BCUT2D eigenvalue weighted by molar-refractivity contribution is 5.99. The van der Waals surface area contributed by atoms with E-state index >= 15 is 0 Å². The maximum Gasteiger partial charge on any atom is 0.181 e. The minimum atomic E-state index is 0.00792. The monoisotopic (exact) mass is 244 g/mol. The molecule has 0 spiro atoms. The molecule has 1 aliphatic heterocycles. The van der Waals surface area contributed by atoms with Crippen molar-refractivity contribution >= 4 is 5.78 Å².